The van der Waals surface area contributed by atoms with Gasteiger partial charge in [-0.2, -0.15) is 9.50 Å². The Morgan fingerprint density at radius 1 is 1.06 bits per heavy atom. The summed E-state index contributed by atoms with van der Waals surface area (Å²) < 4.78 is 13.2. The summed E-state index contributed by atoms with van der Waals surface area (Å²) in [5, 5.41) is 5.31. The molecule has 9 heteroatoms. The molecule has 0 aliphatic rings. The first-order chi connectivity index (χ1) is 16.5. The first kappa shape index (κ1) is 24.5. The molecule has 0 saturated heterocycles. The minimum absolute atomic E-state index is 0.241. The van der Waals surface area contributed by atoms with Gasteiger partial charge in [0.25, 0.3) is 5.56 Å². The molecule has 2 heterocycles. The molecule has 0 unspecified atom stereocenters. The van der Waals surface area contributed by atoms with Crippen LogP contribution in [0.15, 0.2) is 41.2 Å². The summed E-state index contributed by atoms with van der Waals surface area (Å²) >= 11 is 13.5. The molecular weight excluding hydrogens is 493 g/mol. The van der Waals surface area contributed by atoms with Crippen LogP contribution in [0.2, 0.25) is 10.0 Å². The van der Waals surface area contributed by atoms with E-state index in [0.29, 0.717) is 49.0 Å². The van der Waals surface area contributed by atoms with Crippen molar-refractivity contribution < 1.29 is 9.47 Å². The Kier molecular flexibility index (Phi) is 8.08. The zero-order valence-corrected chi connectivity index (χ0v) is 21.3. The lowest BCUT2D eigenvalue weighted by molar-refractivity contribution is 0.285. The van der Waals surface area contributed by atoms with Crippen molar-refractivity contribution in [2.45, 2.75) is 39.0 Å². The highest BCUT2D eigenvalue weighted by Gasteiger charge is 2.15. The first-order valence-electron chi connectivity index (χ1n) is 11.2. The lowest BCUT2D eigenvalue weighted by Crippen LogP contribution is -2.23. The number of fused-ring (bicyclic) bond motifs is 1. The third-order valence-electron chi connectivity index (χ3n) is 5.34. The van der Waals surface area contributed by atoms with Crippen LogP contribution in [-0.4, -0.2) is 28.3 Å². The van der Waals surface area contributed by atoms with E-state index >= 15 is 0 Å². The maximum Gasteiger partial charge on any atom is 0.291 e. The second-order valence-electron chi connectivity index (χ2n) is 7.84. The van der Waals surface area contributed by atoms with E-state index in [9.17, 15) is 4.79 Å². The number of benzene rings is 2. The number of nitrogens with zero attached hydrogens (tertiary/aromatic N) is 3. The van der Waals surface area contributed by atoms with Gasteiger partial charge in [-0.05, 0) is 48.4 Å². The molecule has 2 aromatic heterocycles. The number of halogens is 2. The summed E-state index contributed by atoms with van der Waals surface area (Å²) in [4.78, 5) is 17.9. The van der Waals surface area contributed by atoms with Crippen LogP contribution in [-0.2, 0) is 0 Å². The Bertz CT molecular complexity index is 1400. The van der Waals surface area contributed by atoms with Crippen molar-refractivity contribution in [1.29, 1.82) is 0 Å². The molecule has 0 bridgehead atoms. The fraction of sp³-hybridized carbons (Fsp3) is 0.320. The molecule has 0 N–H and O–H groups in total. The van der Waals surface area contributed by atoms with E-state index in [2.05, 4.69) is 17.0 Å². The Morgan fingerprint density at radius 2 is 1.88 bits per heavy atom. The normalized spacial score (nSPS) is 11.9. The number of hydrogen-bond donors (Lipinski definition) is 0. The van der Waals surface area contributed by atoms with Crippen LogP contribution in [0, 0.1) is 0 Å². The molecule has 0 radical (unpaired) electrons. The highest BCUT2D eigenvalue weighted by molar-refractivity contribution is 7.15. The second-order valence-corrected chi connectivity index (χ2v) is 9.70. The van der Waals surface area contributed by atoms with E-state index in [-0.39, 0.29) is 5.56 Å². The molecule has 0 atom stereocenters. The monoisotopic (exact) mass is 517 g/mol. The lowest BCUT2D eigenvalue weighted by atomic mass is 10.1. The van der Waals surface area contributed by atoms with Crippen LogP contribution in [0.1, 0.15) is 44.6 Å². The highest BCUT2D eigenvalue weighted by Crippen LogP contribution is 2.30. The zero-order valence-electron chi connectivity index (χ0n) is 19.0. The molecule has 0 aliphatic heterocycles. The van der Waals surface area contributed by atoms with Crippen LogP contribution in [0.3, 0.4) is 0 Å². The van der Waals surface area contributed by atoms with Crippen molar-refractivity contribution >= 4 is 45.6 Å². The Labute approximate surface area is 211 Å². The Balaban J connectivity index is 1.54. The predicted octanol–water partition coefficient (Wildman–Crippen LogP) is 6.03. The number of rotatable bonds is 10. The van der Waals surface area contributed by atoms with Crippen LogP contribution >= 0.6 is 34.5 Å². The quantitative estimate of drug-likeness (QED) is 0.240. The molecule has 0 amide bonds. The number of aromatic nitrogens is 3. The van der Waals surface area contributed by atoms with E-state index in [1.54, 1.807) is 31.4 Å². The minimum atomic E-state index is -0.241. The number of methoxy groups -OCH3 is 1. The third-order valence-corrected chi connectivity index (χ3v) is 6.85. The topological polar surface area (TPSA) is 65.7 Å². The van der Waals surface area contributed by atoms with Crippen molar-refractivity contribution in [2.24, 2.45) is 0 Å². The van der Waals surface area contributed by atoms with Gasteiger partial charge >= 0.3 is 0 Å². The van der Waals surface area contributed by atoms with Gasteiger partial charge in [0.1, 0.15) is 0 Å². The fourth-order valence-corrected chi connectivity index (χ4v) is 4.95. The first-order valence-corrected chi connectivity index (χ1v) is 12.7. The summed E-state index contributed by atoms with van der Waals surface area (Å²) in [7, 11) is 1.61. The highest BCUT2D eigenvalue weighted by atomic mass is 35.5. The van der Waals surface area contributed by atoms with Crippen molar-refractivity contribution in [1.82, 2.24) is 14.6 Å². The fourth-order valence-electron chi connectivity index (χ4n) is 3.55. The molecule has 4 aromatic rings. The van der Waals surface area contributed by atoms with Crippen LogP contribution < -0.4 is 19.6 Å². The summed E-state index contributed by atoms with van der Waals surface area (Å²) in [5.74, 6) is 1.72. The van der Waals surface area contributed by atoms with Gasteiger partial charge in [-0.1, -0.05) is 73.2 Å². The summed E-state index contributed by atoms with van der Waals surface area (Å²) in [5.41, 5.74) is 1.21. The van der Waals surface area contributed by atoms with Crippen molar-refractivity contribution in [3.63, 3.8) is 0 Å². The smallest absolute Gasteiger partial charge is 0.291 e. The molecule has 178 valence electrons. The van der Waals surface area contributed by atoms with Crippen LogP contribution in [0.25, 0.3) is 22.4 Å². The van der Waals surface area contributed by atoms with Gasteiger partial charge in [0, 0.05) is 10.6 Å². The largest absolute Gasteiger partial charge is 0.493 e. The second kappa shape index (κ2) is 11.2. The number of unbranched alkanes of at least 4 members (excludes halogenated alkanes) is 4. The van der Waals surface area contributed by atoms with E-state index in [0.717, 1.165) is 18.4 Å². The SMILES string of the molecule is CCCCCCCOc1ccc(/C=c2/sc3nc(-c4ccc(Cl)cc4Cl)nn3c2=O)cc1OC. The van der Waals surface area contributed by atoms with E-state index in [4.69, 9.17) is 32.7 Å². The van der Waals surface area contributed by atoms with E-state index in [1.165, 1.54) is 35.1 Å². The molecule has 0 spiro atoms. The van der Waals surface area contributed by atoms with Crippen LogP contribution in [0.4, 0.5) is 0 Å². The average Bonchev–Trinajstić information content (AvgIpc) is 3.35. The predicted molar refractivity (Wildman–Crippen MR) is 139 cm³/mol. The standard InChI is InChI=1S/C25H25Cl2N3O3S/c1-3-4-5-6-7-12-33-20-11-8-16(13-21(20)32-2)14-22-24(31)30-25(34-22)28-23(29-30)18-10-9-17(26)15-19(18)27/h8-11,13-15H,3-7,12H2,1-2H3/b22-14+. The molecule has 2 aromatic carbocycles. The summed E-state index contributed by atoms with van der Waals surface area (Å²) in [6.45, 7) is 2.86. The maximum atomic E-state index is 12.9. The number of hydrogen-bond acceptors (Lipinski definition) is 6. The van der Waals surface area contributed by atoms with Crippen LogP contribution in [0.5, 0.6) is 11.5 Å². The van der Waals surface area contributed by atoms with Crippen molar-refractivity contribution in [3.05, 3.63) is 66.9 Å². The summed E-state index contributed by atoms with van der Waals surface area (Å²) in [6.07, 6.45) is 7.69. The Hall–Kier alpha value is -2.61. The van der Waals surface area contributed by atoms with E-state index < -0.39 is 0 Å². The van der Waals surface area contributed by atoms with E-state index in [1.807, 2.05) is 18.2 Å². The molecular formula is C25H25Cl2N3O3S. The molecule has 4 rings (SSSR count). The molecule has 0 saturated carbocycles. The maximum absolute atomic E-state index is 12.9. The van der Waals surface area contributed by atoms with Crippen molar-refractivity contribution in [2.75, 3.05) is 13.7 Å². The molecule has 6 nitrogen and oxygen atoms in total. The average molecular weight is 518 g/mol. The van der Waals surface area contributed by atoms with Gasteiger partial charge in [-0.15, -0.1) is 5.10 Å². The molecule has 0 fully saturated rings. The third kappa shape index (κ3) is 5.54. The van der Waals surface area contributed by atoms with Gasteiger partial charge in [0.05, 0.1) is 23.3 Å². The molecule has 0 aliphatic carbocycles. The van der Waals surface area contributed by atoms with Gasteiger partial charge in [-0.3, -0.25) is 4.79 Å². The number of ether oxygens (including phenoxy) is 2. The van der Waals surface area contributed by atoms with Gasteiger partial charge in [0.2, 0.25) is 4.96 Å². The number of thiazole rings is 1. The zero-order chi connectivity index (χ0) is 24.1. The minimum Gasteiger partial charge on any atom is -0.493 e. The summed E-state index contributed by atoms with van der Waals surface area (Å²) in [6, 6.07) is 10.7. The Morgan fingerprint density at radius 3 is 2.62 bits per heavy atom. The molecule has 34 heavy (non-hydrogen) atoms. The van der Waals surface area contributed by atoms with Gasteiger partial charge in [0.15, 0.2) is 17.3 Å². The van der Waals surface area contributed by atoms with Gasteiger partial charge in [-0.25, -0.2) is 0 Å². The lowest BCUT2D eigenvalue weighted by Gasteiger charge is -2.11. The van der Waals surface area contributed by atoms with Crippen molar-refractivity contribution in [3.8, 4) is 22.9 Å². The van der Waals surface area contributed by atoms with Gasteiger partial charge < -0.3 is 9.47 Å².